The molecular weight excluding hydrogens is 666 g/mol. The predicted octanol–water partition coefficient (Wildman–Crippen LogP) is 6.94. The highest BCUT2D eigenvalue weighted by Gasteiger charge is 2.28. The van der Waals surface area contributed by atoms with Crippen LogP contribution in [0.15, 0.2) is 94.2 Å². The van der Waals surface area contributed by atoms with Gasteiger partial charge in [-0.15, -0.1) is 0 Å². The molecule has 0 radical (unpaired) electrons. The van der Waals surface area contributed by atoms with Crippen molar-refractivity contribution in [1.29, 1.82) is 0 Å². The van der Waals surface area contributed by atoms with Gasteiger partial charge in [0.1, 0.15) is 28.3 Å². The molecule has 11 heteroatoms. The molecule has 0 amide bonds. The fourth-order valence-electron chi connectivity index (χ4n) is 5.48. The molecule has 2 N–H and O–H groups in total. The fraction of sp³-hybridized carbons (Fsp3) is 0.139. The number of nitrogen functional groups attached to an aromatic ring is 1. The molecule has 2 aromatic heterocycles. The maximum absolute atomic E-state index is 14.5. The first-order chi connectivity index (χ1) is 22.8. The zero-order valence-corrected chi connectivity index (χ0v) is 27.6. The monoisotopic (exact) mass is 695 g/mol. The molecule has 6 rings (SSSR count). The van der Waals surface area contributed by atoms with Crippen LogP contribution in [0.25, 0.3) is 38.5 Å². The Labute approximate surface area is 278 Å². The summed E-state index contributed by atoms with van der Waals surface area (Å²) in [6.45, 7) is 0.118. The van der Waals surface area contributed by atoms with E-state index in [9.17, 15) is 9.59 Å². The Morgan fingerprint density at radius 2 is 1.47 bits per heavy atom. The highest BCUT2D eigenvalue weighted by atomic mass is 79.9. The lowest BCUT2D eigenvalue weighted by atomic mass is 9.95. The number of ether oxygens (including phenoxy) is 5. The lowest BCUT2D eigenvalue weighted by molar-refractivity contribution is 0.0591. The predicted molar refractivity (Wildman–Crippen MR) is 184 cm³/mol. The number of carbonyl (C=O) groups excluding carboxylic acids is 1. The Morgan fingerprint density at radius 1 is 0.809 bits per heavy atom. The van der Waals surface area contributed by atoms with Crippen LogP contribution in [0.1, 0.15) is 16.2 Å². The highest BCUT2D eigenvalue weighted by Crippen LogP contribution is 2.44. The number of halogens is 1. The van der Waals surface area contributed by atoms with Crippen molar-refractivity contribution in [1.82, 2.24) is 9.55 Å². The van der Waals surface area contributed by atoms with Crippen LogP contribution in [-0.4, -0.2) is 44.0 Å². The smallest absolute Gasteiger partial charge is 0.355 e. The van der Waals surface area contributed by atoms with E-state index in [2.05, 4.69) is 15.9 Å². The second-order valence-electron chi connectivity index (χ2n) is 10.5. The summed E-state index contributed by atoms with van der Waals surface area (Å²) >= 11 is 3.52. The number of aromatic nitrogens is 2. The van der Waals surface area contributed by atoms with E-state index in [1.165, 1.54) is 33.0 Å². The third-order valence-electron chi connectivity index (χ3n) is 7.76. The van der Waals surface area contributed by atoms with Crippen molar-refractivity contribution in [2.75, 3.05) is 34.2 Å². The summed E-state index contributed by atoms with van der Waals surface area (Å²) in [5.41, 5.74) is 8.81. The molecular formula is C36H30BrN3O7. The van der Waals surface area contributed by atoms with E-state index in [1.54, 1.807) is 48.5 Å². The van der Waals surface area contributed by atoms with Crippen LogP contribution in [0.5, 0.6) is 23.0 Å². The third kappa shape index (κ3) is 5.81. The summed E-state index contributed by atoms with van der Waals surface area (Å²) in [5, 5.41) is 1.69. The minimum atomic E-state index is -0.738. The average molecular weight is 697 g/mol. The van der Waals surface area contributed by atoms with E-state index in [-0.39, 0.29) is 17.7 Å². The Morgan fingerprint density at radius 3 is 2.13 bits per heavy atom. The minimum absolute atomic E-state index is 0.0164. The van der Waals surface area contributed by atoms with Gasteiger partial charge in [-0.3, -0.25) is 9.36 Å². The number of anilines is 1. The second kappa shape index (κ2) is 13.1. The Kier molecular flexibility index (Phi) is 8.73. The molecule has 10 nitrogen and oxygen atoms in total. The molecule has 6 aromatic rings. The fourth-order valence-corrected chi connectivity index (χ4v) is 6.04. The molecule has 0 saturated carbocycles. The number of para-hydroxylation sites is 1. The number of fused-ring (bicyclic) bond motifs is 2. The normalized spacial score (nSPS) is 11.0. The van der Waals surface area contributed by atoms with Gasteiger partial charge in [-0.1, -0.05) is 24.3 Å². The van der Waals surface area contributed by atoms with E-state index < -0.39 is 11.5 Å². The number of benzene rings is 4. The van der Waals surface area contributed by atoms with Gasteiger partial charge >= 0.3 is 5.97 Å². The van der Waals surface area contributed by atoms with Crippen LogP contribution in [0.4, 0.5) is 5.69 Å². The van der Waals surface area contributed by atoms with E-state index in [1.807, 2.05) is 36.4 Å². The maximum atomic E-state index is 14.5. The quantitative estimate of drug-likeness (QED) is 0.126. The SMILES string of the molecule is COC(=O)c1c(-c2cc(OC)c(Br)c(OC)c2)c2cc(OC)c(OCc3ccc4ccccc4n3)cc2c(=O)n1-c1ccc(N)cc1. The van der Waals surface area contributed by atoms with Crippen molar-refractivity contribution in [3.63, 3.8) is 0 Å². The lowest BCUT2D eigenvalue weighted by Gasteiger charge is -2.21. The van der Waals surface area contributed by atoms with Gasteiger partial charge in [-0.25, -0.2) is 9.78 Å². The topological polar surface area (TPSA) is 124 Å². The molecule has 2 heterocycles. The average Bonchev–Trinajstić information content (AvgIpc) is 3.10. The summed E-state index contributed by atoms with van der Waals surface area (Å²) in [7, 11) is 5.81. The van der Waals surface area contributed by atoms with Gasteiger partial charge in [-0.05, 0) is 82.2 Å². The summed E-state index contributed by atoms with van der Waals surface area (Å²) in [6.07, 6.45) is 0. The van der Waals surface area contributed by atoms with Crippen LogP contribution in [-0.2, 0) is 11.3 Å². The van der Waals surface area contributed by atoms with E-state index >= 15 is 0 Å². The van der Waals surface area contributed by atoms with Crippen molar-refractivity contribution in [2.24, 2.45) is 0 Å². The first-order valence-electron chi connectivity index (χ1n) is 14.4. The number of hydrogen-bond donors (Lipinski definition) is 1. The van der Waals surface area contributed by atoms with Crippen LogP contribution < -0.4 is 30.2 Å². The molecule has 0 fully saturated rings. The molecule has 0 spiro atoms. The van der Waals surface area contributed by atoms with Crippen molar-refractivity contribution < 1.29 is 28.5 Å². The number of rotatable bonds is 9. The van der Waals surface area contributed by atoms with Gasteiger partial charge in [0.2, 0.25) is 0 Å². The molecule has 0 aliphatic rings. The molecule has 0 unspecified atom stereocenters. The zero-order valence-electron chi connectivity index (χ0n) is 26.0. The third-order valence-corrected chi connectivity index (χ3v) is 8.54. The minimum Gasteiger partial charge on any atom is -0.495 e. The molecule has 47 heavy (non-hydrogen) atoms. The first-order valence-corrected chi connectivity index (χ1v) is 15.2. The summed E-state index contributed by atoms with van der Waals surface area (Å²) in [4.78, 5) is 32.8. The lowest BCUT2D eigenvalue weighted by Crippen LogP contribution is -2.27. The van der Waals surface area contributed by atoms with Gasteiger partial charge in [-0.2, -0.15) is 0 Å². The Balaban J connectivity index is 1.64. The summed E-state index contributed by atoms with van der Waals surface area (Å²) in [6, 6.07) is 25.1. The van der Waals surface area contributed by atoms with Crippen LogP contribution in [0.3, 0.4) is 0 Å². The number of pyridine rings is 2. The summed E-state index contributed by atoms with van der Waals surface area (Å²) in [5.74, 6) is 0.819. The number of nitrogens with zero attached hydrogens (tertiary/aromatic N) is 2. The molecule has 4 aromatic carbocycles. The molecule has 0 atom stereocenters. The van der Waals surface area contributed by atoms with Gasteiger partial charge in [0, 0.05) is 27.7 Å². The molecule has 0 aliphatic carbocycles. The standard InChI is InChI=1S/C36H30BrN3O7/c1-43-28-17-25-26(18-29(28)47-19-23-12-9-20-7-5-6-8-27(20)39-23)35(41)40(24-13-10-22(38)11-14-24)34(36(42)46-4)32(25)21-15-30(44-2)33(37)31(16-21)45-3/h5-18H,19,38H2,1-4H3. The van der Waals surface area contributed by atoms with Gasteiger partial charge in [0.25, 0.3) is 5.56 Å². The Bertz CT molecular complexity index is 2190. The first kappa shape index (κ1) is 31.4. The highest BCUT2D eigenvalue weighted by molar-refractivity contribution is 9.10. The van der Waals surface area contributed by atoms with E-state index in [4.69, 9.17) is 34.4 Å². The number of nitrogens with two attached hydrogens (primary N) is 1. The molecule has 0 aliphatic heterocycles. The maximum Gasteiger partial charge on any atom is 0.355 e. The number of hydrogen-bond acceptors (Lipinski definition) is 9. The zero-order chi connectivity index (χ0) is 33.2. The van der Waals surface area contributed by atoms with E-state index in [0.29, 0.717) is 61.1 Å². The van der Waals surface area contributed by atoms with Gasteiger partial charge < -0.3 is 29.4 Å². The summed E-state index contributed by atoms with van der Waals surface area (Å²) < 4.78 is 30.4. The number of methoxy groups -OCH3 is 4. The largest absolute Gasteiger partial charge is 0.495 e. The van der Waals surface area contributed by atoms with Crippen LogP contribution >= 0.6 is 15.9 Å². The van der Waals surface area contributed by atoms with Crippen molar-refractivity contribution in [2.45, 2.75) is 6.61 Å². The Hall–Kier alpha value is -5.55. The second-order valence-corrected chi connectivity index (χ2v) is 11.3. The van der Waals surface area contributed by atoms with Crippen molar-refractivity contribution in [3.05, 3.63) is 111 Å². The van der Waals surface area contributed by atoms with Crippen molar-refractivity contribution in [3.8, 4) is 39.8 Å². The number of esters is 1. The van der Waals surface area contributed by atoms with Crippen LogP contribution in [0.2, 0.25) is 0 Å². The molecule has 0 bridgehead atoms. The molecule has 0 saturated heterocycles. The number of carbonyl (C=O) groups is 1. The van der Waals surface area contributed by atoms with Crippen LogP contribution in [0, 0.1) is 0 Å². The van der Waals surface area contributed by atoms with E-state index in [0.717, 1.165) is 10.9 Å². The van der Waals surface area contributed by atoms with Gasteiger partial charge in [0.05, 0.1) is 45.0 Å². The van der Waals surface area contributed by atoms with Crippen molar-refractivity contribution >= 4 is 49.3 Å². The molecule has 238 valence electrons. The van der Waals surface area contributed by atoms with Gasteiger partial charge in [0.15, 0.2) is 11.5 Å².